The van der Waals surface area contributed by atoms with Gasteiger partial charge in [-0.1, -0.05) is 30.9 Å². The maximum Gasteiger partial charge on any atom is 0.00523 e. The third-order valence-electron chi connectivity index (χ3n) is 2.12. The summed E-state index contributed by atoms with van der Waals surface area (Å²) in [6.07, 6.45) is 9.34. The number of hydrogen-bond donors (Lipinski definition) is 0. The highest BCUT2D eigenvalue weighted by atomic mass is 127. The molecular formula is C11H15I. The van der Waals surface area contributed by atoms with Crippen molar-refractivity contribution >= 4 is 24.0 Å². The molecule has 1 aliphatic carbocycles. The first kappa shape index (κ1) is 11.7. The molecule has 0 aromatic heterocycles. The highest BCUT2D eigenvalue weighted by Gasteiger charge is 2.11. The summed E-state index contributed by atoms with van der Waals surface area (Å²) in [4.78, 5) is 0. The molecule has 0 aliphatic heterocycles. The molecule has 0 radical (unpaired) electrons. The molecule has 0 spiro atoms. The van der Waals surface area contributed by atoms with Gasteiger partial charge in [-0.25, -0.2) is 0 Å². The molecule has 0 heterocycles. The van der Waals surface area contributed by atoms with Gasteiger partial charge < -0.3 is 0 Å². The molecule has 0 fully saturated rings. The lowest BCUT2D eigenvalue weighted by Crippen LogP contribution is -2.02. The van der Waals surface area contributed by atoms with Crippen molar-refractivity contribution in [1.29, 1.82) is 0 Å². The van der Waals surface area contributed by atoms with E-state index >= 15 is 0 Å². The summed E-state index contributed by atoms with van der Waals surface area (Å²) in [5, 5.41) is 0. The summed E-state index contributed by atoms with van der Waals surface area (Å²) in [6, 6.07) is 0. The topological polar surface area (TPSA) is 0 Å². The van der Waals surface area contributed by atoms with Crippen molar-refractivity contribution in [3.05, 3.63) is 48.6 Å². The van der Waals surface area contributed by atoms with Gasteiger partial charge in [-0.3, -0.25) is 0 Å². The summed E-state index contributed by atoms with van der Waals surface area (Å²) in [7, 11) is 0. The molecule has 0 saturated carbocycles. The Labute approximate surface area is 91.8 Å². The van der Waals surface area contributed by atoms with Gasteiger partial charge in [0.2, 0.25) is 0 Å². The van der Waals surface area contributed by atoms with E-state index < -0.39 is 0 Å². The second-order valence-electron chi connectivity index (χ2n) is 2.82. The predicted octanol–water partition coefficient (Wildman–Crippen LogP) is 3.87. The van der Waals surface area contributed by atoms with Crippen LogP contribution in [0.2, 0.25) is 0 Å². The lowest BCUT2D eigenvalue weighted by molar-refractivity contribution is 0.776. The minimum Gasteiger partial charge on any atom is -0.107 e. The number of allylic oxidation sites excluding steroid dienone is 6. The second-order valence-corrected chi connectivity index (χ2v) is 2.82. The fourth-order valence-corrected chi connectivity index (χ4v) is 1.44. The maximum absolute atomic E-state index is 3.80. The largest absolute Gasteiger partial charge is 0.107 e. The highest BCUT2D eigenvalue weighted by molar-refractivity contribution is 14.0. The van der Waals surface area contributed by atoms with Gasteiger partial charge >= 0.3 is 0 Å². The molecule has 1 rings (SSSR count). The van der Waals surface area contributed by atoms with E-state index in [0.29, 0.717) is 5.92 Å². The molecule has 0 bridgehead atoms. The summed E-state index contributed by atoms with van der Waals surface area (Å²) in [5.74, 6) is 0.484. The molecule has 1 heteroatoms. The van der Waals surface area contributed by atoms with Crippen LogP contribution in [-0.2, 0) is 0 Å². The van der Waals surface area contributed by atoms with Crippen molar-refractivity contribution in [2.45, 2.75) is 13.3 Å². The maximum atomic E-state index is 3.80. The zero-order valence-electron chi connectivity index (χ0n) is 7.42. The first-order valence-corrected chi connectivity index (χ1v) is 3.92. The van der Waals surface area contributed by atoms with E-state index in [9.17, 15) is 0 Å². The van der Waals surface area contributed by atoms with Gasteiger partial charge in [0, 0.05) is 5.92 Å². The first-order chi connectivity index (χ1) is 5.29. The average Bonchev–Trinajstić information content (AvgIpc) is 2.04. The summed E-state index contributed by atoms with van der Waals surface area (Å²) < 4.78 is 0. The Kier molecular flexibility index (Phi) is 5.22. The molecule has 0 aromatic carbocycles. The Balaban J connectivity index is 0.00000121. The molecule has 0 saturated heterocycles. The van der Waals surface area contributed by atoms with E-state index in [1.807, 2.05) is 12.2 Å². The van der Waals surface area contributed by atoms with Crippen LogP contribution in [0.1, 0.15) is 13.3 Å². The Morgan fingerprint density at radius 3 is 2.58 bits per heavy atom. The quantitative estimate of drug-likeness (QED) is 0.529. The van der Waals surface area contributed by atoms with Crippen molar-refractivity contribution < 1.29 is 0 Å². The fraction of sp³-hybridized carbons (Fsp3) is 0.273. The zero-order chi connectivity index (χ0) is 8.27. The molecule has 0 nitrogen and oxygen atoms in total. The van der Waals surface area contributed by atoms with E-state index in [1.54, 1.807) is 0 Å². The van der Waals surface area contributed by atoms with Crippen LogP contribution >= 0.6 is 24.0 Å². The Morgan fingerprint density at radius 2 is 2.17 bits per heavy atom. The average molecular weight is 274 g/mol. The summed E-state index contributed by atoms with van der Waals surface area (Å²) in [5.41, 5.74) is 2.64. The summed E-state index contributed by atoms with van der Waals surface area (Å²) in [6.45, 7) is 9.71. The number of rotatable bonds is 2. The van der Waals surface area contributed by atoms with Gasteiger partial charge in [-0.2, -0.15) is 0 Å². The molecule has 0 unspecified atom stereocenters. The Morgan fingerprint density at radius 1 is 1.50 bits per heavy atom. The van der Waals surface area contributed by atoms with E-state index in [2.05, 4.69) is 32.2 Å². The third kappa shape index (κ3) is 2.34. The lowest BCUT2D eigenvalue weighted by atomic mass is 9.88. The van der Waals surface area contributed by atoms with Crippen LogP contribution in [0.4, 0.5) is 0 Å². The number of hydrogen-bond acceptors (Lipinski definition) is 0. The molecule has 66 valence electrons. The van der Waals surface area contributed by atoms with E-state index in [-0.39, 0.29) is 24.0 Å². The van der Waals surface area contributed by atoms with Crippen molar-refractivity contribution in [2.75, 3.05) is 0 Å². The zero-order valence-corrected chi connectivity index (χ0v) is 9.75. The van der Waals surface area contributed by atoms with Crippen molar-refractivity contribution in [2.24, 2.45) is 5.92 Å². The Hall–Kier alpha value is -0.310. The predicted molar refractivity (Wildman–Crippen MR) is 65.8 cm³/mol. The lowest BCUT2D eigenvalue weighted by Gasteiger charge is -2.17. The van der Waals surface area contributed by atoms with Crippen molar-refractivity contribution in [3.8, 4) is 0 Å². The van der Waals surface area contributed by atoms with Crippen LogP contribution in [0.3, 0.4) is 0 Å². The molecule has 0 aromatic rings. The molecule has 0 amide bonds. The minimum absolute atomic E-state index is 0. The summed E-state index contributed by atoms with van der Waals surface area (Å²) >= 11 is 0. The van der Waals surface area contributed by atoms with E-state index in [1.165, 1.54) is 11.1 Å². The number of halogens is 1. The van der Waals surface area contributed by atoms with Crippen LogP contribution in [0.25, 0.3) is 0 Å². The van der Waals surface area contributed by atoms with Gasteiger partial charge in [0.25, 0.3) is 0 Å². The molecule has 12 heavy (non-hydrogen) atoms. The van der Waals surface area contributed by atoms with Crippen molar-refractivity contribution in [3.63, 3.8) is 0 Å². The smallest absolute Gasteiger partial charge is 0.00523 e. The molecular weight excluding hydrogens is 259 g/mol. The van der Waals surface area contributed by atoms with Gasteiger partial charge in [0.05, 0.1) is 0 Å². The van der Waals surface area contributed by atoms with Crippen LogP contribution in [0.15, 0.2) is 48.6 Å². The van der Waals surface area contributed by atoms with Gasteiger partial charge in [-0.05, 0) is 24.5 Å². The highest BCUT2D eigenvalue weighted by Crippen LogP contribution is 2.26. The van der Waals surface area contributed by atoms with Crippen molar-refractivity contribution in [1.82, 2.24) is 0 Å². The minimum atomic E-state index is 0. The normalized spacial score (nSPS) is 21.6. The second kappa shape index (κ2) is 5.36. The van der Waals surface area contributed by atoms with Crippen LogP contribution in [0.5, 0.6) is 0 Å². The van der Waals surface area contributed by atoms with Gasteiger partial charge in [-0.15, -0.1) is 30.6 Å². The van der Waals surface area contributed by atoms with Gasteiger partial charge in [0.15, 0.2) is 0 Å². The molecule has 1 atom stereocenters. The van der Waals surface area contributed by atoms with Crippen LogP contribution in [0, 0.1) is 5.92 Å². The van der Waals surface area contributed by atoms with Crippen LogP contribution in [-0.4, -0.2) is 0 Å². The molecule has 0 N–H and O–H groups in total. The first-order valence-electron chi connectivity index (χ1n) is 3.92. The standard InChI is InChI=1S/C11H14.HI/c1-4-10-8-6-7-9(3)11(10)5-2;/h4-7,10H,1-2,8H2,3H3;1H/t10-;/m1./s1. The Bertz CT molecular complexity index is 233. The fourth-order valence-electron chi connectivity index (χ4n) is 1.44. The SMILES string of the molecule is C=CC1=C(C)C=CC[C@H]1C=C.I. The monoisotopic (exact) mass is 274 g/mol. The molecule has 1 aliphatic rings. The van der Waals surface area contributed by atoms with Gasteiger partial charge in [0.1, 0.15) is 0 Å². The van der Waals surface area contributed by atoms with E-state index in [4.69, 9.17) is 0 Å². The third-order valence-corrected chi connectivity index (χ3v) is 2.12. The van der Waals surface area contributed by atoms with E-state index in [0.717, 1.165) is 6.42 Å². The van der Waals surface area contributed by atoms with Crippen LogP contribution < -0.4 is 0 Å².